The van der Waals surface area contributed by atoms with Crippen LogP contribution in [0.5, 0.6) is 0 Å². The first kappa shape index (κ1) is 19.0. The molecule has 114 valence electrons. The molecule has 0 aliphatic heterocycles. The van der Waals surface area contributed by atoms with Crippen molar-refractivity contribution in [3.63, 3.8) is 0 Å². The molecule has 0 saturated carbocycles. The molecule has 0 aromatic carbocycles. The van der Waals surface area contributed by atoms with Crippen LogP contribution in [0.1, 0.15) is 19.1 Å². The standard InChI is InChI=1S/C14H23N3O2.HI/c1-3-8-16-14(15-4-2)17-9-6-10-18-12-13-7-5-11-19-13;/h3,5,7,11H,1,4,6,8-10,12H2,2H3,(H2,15,16,17);1H. The Morgan fingerprint density at radius 2 is 2.35 bits per heavy atom. The maximum absolute atomic E-state index is 5.48. The van der Waals surface area contributed by atoms with Gasteiger partial charge in [0.15, 0.2) is 5.96 Å². The fraction of sp³-hybridized carbons (Fsp3) is 0.500. The molecule has 0 spiro atoms. The molecule has 6 heteroatoms. The number of ether oxygens (including phenoxy) is 1. The van der Waals surface area contributed by atoms with Gasteiger partial charge in [-0.3, -0.25) is 4.99 Å². The number of hydrogen-bond donors (Lipinski definition) is 2. The van der Waals surface area contributed by atoms with E-state index in [0.29, 0.717) is 19.8 Å². The summed E-state index contributed by atoms with van der Waals surface area (Å²) in [6.45, 7) is 9.18. The van der Waals surface area contributed by atoms with Crippen molar-refractivity contribution in [3.05, 3.63) is 36.8 Å². The van der Waals surface area contributed by atoms with E-state index in [2.05, 4.69) is 22.2 Å². The van der Waals surface area contributed by atoms with E-state index in [4.69, 9.17) is 9.15 Å². The van der Waals surface area contributed by atoms with Crippen molar-refractivity contribution in [1.29, 1.82) is 0 Å². The third-order valence-electron chi connectivity index (χ3n) is 2.30. The van der Waals surface area contributed by atoms with E-state index in [1.54, 1.807) is 12.3 Å². The number of guanidine groups is 1. The van der Waals surface area contributed by atoms with Crippen LogP contribution in [0, 0.1) is 0 Å². The quantitative estimate of drug-likeness (QED) is 0.223. The number of rotatable bonds is 9. The molecule has 0 atom stereocenters. The van der Waals surface area contributed by atoms with E-state index in [1.165, 1.54) is 0 Å². The summed E-state index contributed by atoms with van der Waals surface area (Å²) in [5.74, 6) is 1.66. The summed E-state index contributed by atoms with van der Waals surface area (Å²) >= 11 is 0. The maximum Gasteiger partial charge on any atom is 0.191 e. The van der Waals surface area contributed by atoms with Crippen LogP contribution >= 0.6 is 24.0 Å². The molecule has 0 bridgehead atoms. The second-order valence-electron chi connectivity index (χ2n) is 3.92. The van der Waals surface area contributed by atoms with E-state index in [9.17, 15) is 0 Å². The normalized spacial score (nSPS) is 10.8. The minimum absolute atomic E-state index is 0. The summed E-state index contributed by atoms with van der Waals surface area (Å²) in [6.07, 6.45) is 4.33. The Labute approximate surface area is 137 Å². The number of nitrogens with one attached hydrogen (secondary N) is 2. The molecule has 0 unspecified atom stereocenters. The number of nitrogens with zero attached hydrogens (tertiary/aromatic N) is 1. The highest BCUT2D eigenvalue weighted by molar-refractivity contribution is 14.0. The molecule has 0 amide bonds. The van der Waals surface area contributed by atoms with Gasteiger partial charge in [0.1, 0.15) is 12.4 Å². The predicted molar refractivity (Wildman–Crippen MR) is 92.6 cm³/mol. The fourth-order valence-electron chi connectivity index (χ4n) is 1.44. The molecule has 1 aromatic heterocycles. The van der Waals surface area contributed by atoms with E-state index in [1.807, 2.05) is 19.1 Å². The van der Waals surface area contributed by atoms with E-state index in [0.717, 1.165) is 31.2 Å². The molecule has 2 N–H and O–H groups in total. The van der Waals surface area contributed by atoms with Gasteiger partial charge in [0.25, 0.3) is 0 Å². The average Bonchev–Trinajstić information content (AvgIpc) is 2.93. The highest BCUT2D eigenvalue weighted by Crippen LogP contribution is 2.01. The second-order valence-corrected chi connectivity index (χ2v) is 3.92. The van der Waals surface area contributed by atoms with Gasteiger partial charge in [0.05, 0.1) is 6.26 Å². The molecule has 20 heavy (non-hydrogen) atoms. The van der Waals surface area contributed by atoms with Crippen LogP contribution in [0.4, 0.5) is 0 Å². The zero-order chi connectivity index (χ0) is 13.8. The first-order valence-corrected chi connectivity index (χ1v) is 6.60. The Kier molecular flexibility index (Phi) is 12.3. The van der Waals surface area contributed by atoms with Crippen molar-refractivity contribution in [1.82, 2.24) is 10.6 Å². The lowest BCUT2D eigenvalue weighted by Gasteiger charge is -2.09. The van der Waals surface area contributed by atoms with Gasteiger partial charge in [-0.2, -0.15) is 0 Å². The van der Waals surface area contributed by atoms with Crippen LogP contribution in [0.2, 0.25) is 0 Å². The molecule has 0 aliphatic carbocycles. The largest absolute Gasteiger partial charge is 0.467 e. The van der Waals surface area contributed by atoms with Crippen molar-refractivity contribution in [2.75, 3.05) is 26.2 Å². The lowest BCUT2D eigenvalue weighted by molar-refractivity contribution is 0.105. The SMILES string of the molecule is C=CCNC(=NCCCOCc1ccco1)NCC.I. The summed E-state index contributed by atoms with van der Waals surface area (Å²) in [6, 6.07) is 3.76. The van der Waals surface area contributed by atoms with E-state index in [-0.39, 0.29) is 24.0 Å². The van der Waals surface area contributed by atoms with Gasteiger partial charge in [-0.15, -0.1) is 30.6 Å². The van der Waals surface area contributed by atoms with Gasteiger partial charge < -0.3 is 19.8 Å². The molecule has 0 saturated heterocycles. The molecular weight excluding hydrogens is 369 g/mol. The Morgan fingerprint density at radius 1 is 1.50 bits per heavy atom. The number of halogens is 1. The summed E-state index contributed by atoms with van der Waals surface area (Å²) in [5, 5.41) is 6.31. The van der Waals surface area contributed by atoms with E-state index < -0.39 is 0 Å². The Hall–Kier alpha value is -1.02. The van der Waals surface area contributed by atoms with Crippen LogP contribution in [0.25, 0.3) is 0 Å². The summed E-state index contributed by atoms with van der Waals surface area (Å²) in [7, 11) is 0. The zero-order valence-electron chi connectivity index (χ0n) is 11.9. The lowest BCUT2D eigenvalue weighted by Crippen LogP contribution is -2.37. The van der Waals surface area contributed by atoms with Crippen LogP contribution < -0.4 is 10.6 Å². The Balaban J connectivity index is 0.00000361. The van der Waals surface area contributed by atoms with Crippen LogP contribution in [0.3, 0.4) is 0 Å². The number of aliphatic imine (C=N–C) groups is 1. The van der Waals surface area contributed by atoms with Crippen LogP contribution in [0.15, 0.2) is 40.5 Å². The topological polar surface area (TPSA) is 58.8 Å². The Bertz CT molecular complexity index is 367. The monoisotopic (exact) mass is 393 g/mol. The Morgan fingerprint density at radius 3 is 3.00 bits per heavy atom. The van der Waals surface area contributed by atoms with Crippen molar-refractivity contribution in [2.24, 2.45) is 4.99 Å². The van der Waals surface area contributed by atoms with E-state index >= 15 is 0 Å². The number of hydrogen-bond acceptors (Lipinski definition) is 3. The highest BCUT2D eigenvalue weighted by atomic mass is 127. The van der Waals surface area contributed by atoms with Gasteiger partial charge in [-0.1, -0.05) is 6.08 Å². The van der Waals surface area contributed by atoms with Gasteiger partial charge in [-0.25, -0.2) is 0 Å². The smallest absolute Gasteiger partial charge is 0.191 e. The van der Waals surface area contributed by atoms with Crippen LogP contribution in [-0.2, 0) is 11.3 Å². The predicted octanol–water partition coefficient (Wildman–Crippen LogP) is 2.55. The summed E-state index contributed by atoms with van der Waals surface area (Å²) in [5.41, 5.74) is 0. The van der Waals surface area contributed by atoms with Gasteiger partial charge >= 0.3 is 0 Å². The molecule has 5 nitrogen and oxygen atoms in total. The minimum Gasteiger partial charge on any atom is -0.467 e. The van der Waals surface area contributed by atoms with Crippen molar-refractivity contribution in [3.8, 4) is 0 Å². The average molecular weight is 393 g/mol. The molecule has 1 rings (SSSR count). The van der Waals surface area contributed by atoms with Crippen molar-refractivity contribution < 1.29 is 9.15 Å². The first-order valence-electron chi connectivity index (χ1n) is 6.60. The van der Waals surface area contributed by atoms with Crippen molar-refractivity contribution in [2.45, 2.75) is 20.0 Å². The second kappa shape index (κ2) is 13.0. The lowest BCUT2D eigenvalue weighted by atomic mass is 10.4. The van der Waals surface area contributed by atoms with Gasteiger partial charge in [0, 0.05) is 26.2 Å². The van der Waals surface area contributed by atoms with Crippen LogP contribution in [-0.4, -0.2) is 32.2 Å². The highest BCUT2D eigenvalue weighted by Gasteiger charge is 1.96. The third kappa shape index (κ3) is 8.98. The molecule has 0 fully saturated rings. The summed E-state index contributed by atoms with van der Waals surface area (Å²) in [4.78, 5) is 4.43. The van der Waals surface area contributed by atoms with Crippen molar-refractivity contribution >= 4 is 29.9 Å². The molecule has 1 aromatic rings. The maximum atomic E-state index is 5.48. The van der Waals surface area contributed by atoms with Gasteiger partial charge in [-0.05, 0) is 25.5 Å². The summed E-state index contributed by atoms with van der Waals surface area (Å²) < 4.78 is 10.7. The molecular formula is C14H24IN3O2. The number of furan rings is 1. The molecule has 1 heterocycles. The molecule has 0 aliphatic rings. The zero-order valence-corrected chi connectivity index (χ0v) is 14.3. The minimum atomic E-state index is 0. The molecule has 0 radical (unpaired) electrons. The first-order chi connectivity index (χ1) is 9.36. The fourth-order valence-corrected chi connectivity index (χ4v) is 1.44. The third-order valence-corrected chi connectivity index (χ3v) is 2.30. The van der Waals surface area contributed by atoms with Gasteiger partial charge in [0.2, 0.25) is 0 Å².